The van der Waals surface area contributed by atoms with Crippen LogP contribution in [0.3, 0.4) is 0 Å². The average Bonchev–Trinajstić information content (AvgIpc) is 2.81. The van der Waals surface area contributed by atoms with E-state index in [-0.39, 0.29) is 38.3 Å². The van der Waals surface area contributed by atoms with Crippen LogP contribution < -0.4 is 9.64 Å². The molecule has 0 aromatic heterocycles. The molecule has 0 atom stereocenters. The molecule has 0 amide bonds. The van der Waals surface area contributed by atoms with Crippen molar-refractivity contribution < 1.29 is 13.9 Å². The number of fused-ring (bicyclic) bond motifs is 2. The van der Waals surface area contributed by atoms with Crippen molar-refractivity contribution in [3.05, 3.63) is 249 Å². The van der Waals surface area contributed by atoms with Gasteiger partial charge in [0.25, 0.3) is 0 Å². The van der Waals surface area contributed by atoms with Crippen LogP contribution in [-0.4, -0.2) is 27.0 Å². The van der Waals surface area contributed by atoms with Crippen LogP contribution >= 0.6 is 11.6 Å². The highest BCUT2D eigenvalue weighted by molar-refractivity contribution is 6.30. The first-order valence-corrected chi connectivity index (χ1v) is 30.6. The van der Waals surface area contributed by atoms with E-state index in [1.54, 1.807) is 7.11 Å². The molecule has 0 heterocycles. The van der Waals surface area contributed by atoms with Gasteiger partial charge < -0.3 is 9.64 Å². The third kappa shape index (κ3) is 25.6. The molecule has 0 radical (unpaired) electrons. The monoisotopic (exact) mass is 1170 g/mol. The van der Waals surface area contributed by atoms with Gasteiger partial charge in [-0.2, -0.15) is 0 Å². The van der Waals surface area contributed by atoms with Crippen LogP contribution in [0.15, 0.2) is 188 Å². The van der Waals surface area contributed by atoms with Crippen LogP contribution in [0.2, 0.25) is 5.02 Å². The quantitative estimate of drug-likeness (QED) is 0.173. The number of aryl methyl sites for hydroxylation is 1. The highest BCUT2D eigenvalue weighted by Crippen LogP contribution is 2.31. The number of carbonyl (C=O) groups excluding carboxylic acids is 1. The van der Waals surface area contributed by atoms with Gasteiger partial charge in [-0.3, -0.25) is 4.79 Å². The van der Waals surface area contributed by atoms with Gasteiger partial charge in [0.1, 0.15) is 11.6 Å². The molecule has 0 unspecified atom stereocenters. The zero-order chi connectivity index (χ0) is 64.4. The van der Waals surface area contributed by atoms with Crippen LogP contribution in [-0.2, 0) is 44.3 Å². The number of hydrogen-bond acceptors (Lipinski definition) is 3. The molecule has 458 valence electrons. The molecule has 0 bridgehead atoms. The van der Waals surface area contributed by atoms with Gasteiger partial charge in [0.15, 0.2) is 5.78 Å². The predicted octanol–water partition coefficient (Wildman–Crippen LogP) is 23.0. The number of ether oxygens (including phenoxy) is 1. The van der Waals surface area contributed by atoms with Crippen LogP contribution in [0.1, 0.15) is 207 Å². The summed E-state index contributed by atoms with van der Waals surface area (Å²) in [7, 11) is 5.81. The van der Waals surface area contributed by atoms with Gasteiger partial charge >= 0.3 is 0 Å². The van der Waals surface area contributed by atoms with Crippen molar-refractivity contribution in [3.63, 3.8) is 0 Å². The lowest BCUT2D eigenvalue weighted by atomic mass is 9.85. The zero-order valence-corrected chi connectivity index (χ0v) is 57.6. The Hall–Kier alpha value is -6.49. The molecule has 1 aliphatic carbocycles. The van der Waals surface area contributed by atoms with E-state index in [4.69, 9.17) is 16.3 Å². The van der Waals surface area contributed by atoms with E-state index in [1.165, 1.54) is 73.1 Å². The molecular formula is C80H107ClFNO2. The molecule has 0 spiro atoms. The molecule has 1 aliphatic rings. The predicted molar refractivity (Wildman–Crippen MR) is 372 cm³/mol. The lowest BCUT2D eigenvalue weighted by Crippen LogP contribution is -2.12. The van der Waals surface area contributed by atoms with Gasteiger partial charge in [-0.05, 0) is 154 Å². The maximum absolute atomic E-state index is 12.5. The number of hydrogen-bond donors (Lipinski definition) is 0. The molecule has 8 aromatic rings. The van der Waals surface area contributed by atoms with Gasteiger partial charge in [-0.1, -0.05) is 290 Å². The first-order valence-electron chi connectivity index (χ1n) is 30.3. The smallest absolute Gasteiger partial charge is 0.163 e. The van der Waals surface area contributed by atoms with E-state index in [9.17, 15) is 9.18 Å². The zero-order valence-electron chi connectivity index (χ0n) is 56.8. The summed E-state index contributed by atoms with van der Waals surface area (Å²) in [4.78, 5) is 13.7. The number of methoxy groups -OCH3 is 1. The maximum Gasteiger partial charge on any atom is 0.163 e. The normalized spacial score (nSPS) is 12.3. The van der Waals surface area contributed by atoms with Crippen molar-refractivity contribution in [2.45, 2.75) is 196 Å². The second-order valence-corrected chi connectivity index (χ2v) is 30.1. The van der Waals surface area contributed by atoms with Crippen LogP contribution in [0.25, 0.3) is 10.8 Å². The number of ketones is 1. The summed E-state index contributed by atoms with van der Waals surface area (Å²) in [5.74, 6) is 1.06. The van der Waals surface area contributed by atoms with Gasteiger partial charge in [0, 0.05) is 36.8 Å². The van der Waals surface area contributed by atoms with Gasteiger partial charge in [0.05, 0.1) is 7.11 Å². The number of nitrogens with zero attached hydrogens (tertiary/aromatic N) is 1. The molecule has 8 aromatic carbocycles. The Kier molecular flexibility index (Phi) is 26.7. The third-order valence-corrected chi connectivity index (χ3v) is 15.0. The van der Waals surface area contributed by atoms with Crippen molar-refractivity contribution in [3.8, 4) is 5.75 Å². The summed E-state index contributed by atoms with van der Waals surface area (Å²) in [6.45, 7) is 46.2. The number of anilines is 1. The Labute approximate surface area is 521 Å². The molecule has 0 N–H and O–H groups in total. The molecule has 85 heavy (non-hydrogen) atoms. The molecule has 3 nitrogen and oxygen atoms in total. The SMILES string of the molecule is CC(C)(C)c1ccc(Cl)cc1.CC(C)(C)c1ccc(F)cc1.CC(C)(C)c1ccc2c(c1)C(=O)CC2.CC(C)(C)c1ccc2ccccc2c1.CC(C)(C)c1ccccc1.CN(C)c1ccc(C(C)(C)C)cc1.COc1ccc(C(C)(C)C)cc1. The Morgan fingerprint density at radius 3 is 1.12 bits per heavy atom. The lowest BCUT2D eigenvalue weighted by Gasteiger charge is -2.20. The number of benzene rings is 8. The summed E-state index contributed by atoms with van der Waals surface area (Å²) in [6.07, 6.45) is 1.63. The van der Waals surface area contributed by atoms with Crippen molar-refractivity contribution in [1.29, 1.82) is 0 Å². The van der Waals surface area contributed by atoms with Gasteiger partial charge in [0.2, 0.25) is 0 Å². The summed E-state index contributed by atoms with van der Waals surface area (Å²) in [5, 5.41) is 3.46. The highest BCUT2D eigenvalue weighted by atomic mass is 35.5. The van der Waals surface area contributed by atoms with E-state index >= 15 is 0 Å². The van der Waals surface area contributed by atoms with E-state index < -0.39 is 0 Å². The molecular weight excluding hydrogens is 1060 g/mol. The Morgan fingerprint density at radius 2 is 0.718 bits per heavy atom. The van der Waals surface area contributed by atoms with Gasteiger partial charge in [-0.25, -0.2) is 4.39 Å². The maximum atomic E-state index is 12.5. The fraction of sp³-hybridized carbons (Fsp3) is 0.412. The fourth-order valence-electron chi connectivity index (χ4n) is 8.75. The van der Waals surface area contributed by atoms with Crippen molar-refractivity contribution in [1.82, 2.24) is 0 Å². The fourth-order valence-corrected chi connectivity index (χ4v) is 8.87. The highest BCUT2D eigenvalue weighted by Gasteiger charge is 2.23. The second kappa shape index (κ2) is 31.2. The van der Waals surface area contributed by atoms with Crippen LogP contribution in [0, 0.1) is 5.82 Å². The van der Waals surface area contributed by atoms with Gasteiger partial charge in [-0.15, -0.1) is 0 Å². The third-order valence-electron chi connectivity index (χ3n) is 14.8. The van der Waals surface area contributed by atoms with Crippen LogP contribution in [0.4, 0.5) is 10.1 Å². The lowest BCUT2D eigenvalue weighted by molar-refractivity contribution is 0.0994. The molecule has 9 rings (SSSR count). The first kappa shape index (κ1) is 72.8. The first-order chi connectivity index (χ1) is 39.1. The van der Waals surface area contributed by atoms with Crippen LogP contribution in [0.5, 0.6) is 5.75 Å². The largest absolute Gasteiger partial charge is 0.497 e. The molecule has 0 fully saturated rings. The minimum Gasteiger partial charge on any atom is -0.497 e. The van der Waals surface area contributed by atoms with E-state index in [2.05, 4.69) is 304 Å². The minimum absolute atomic E-state index is 0.119. The topological polar surface area (TPSA) is 29.5 Å². The second-order valence-electron chi connectivity index (χ2n) is 29.7. The van der Waals surface area contributed by atoms with E-state index in [0.717, 1.165) is 22.8 Å². The summed E-state index contributed by atoms with van der Waals surface area (Å²) >= 11 is 5.76. The number of halogens is 2. The Bertz CT molecular complexity index is 3180. The van der Waals surface area contributed by atoms with E-state index in [1.807, 2.05) is 36.4 Å². The van der Waals surface area contributed by atoms with E-state index in [0.29, 0.717) is 17.6 Å². The molecule has 5 heteroatoms. The average molecular weight is 1170 g/mol. The molecule has 0 saturated heterocycles. The standard InChI is InChI=1S/C14H16.C13H16O.C12H19N.C11H16O.C10H13Cl.C10H13F.C10H14/c1-14(2,3)13-9-8-11-6-4-5-7-12(11)10-13;1-13(2,3)10-6-4-9-5-7-12(14)11(9)8-10;1-12(2,3)10-6-8-11(9-7-10)13(4)5;1-11(2,3)9-5-7-10(12-4)8-6-9;2*1-10(2,3)8-4-6-9(11)7-5-8;1-10(2,3)9-7-5-4-6-8-9/h4-10H,1-3H3;4,6,8H,5,7H2,1-3H3;6-9H,1-5H3;5-8H,1-4H3;2*4-7H,1-3H3;4-8H,1-3H3. The number of Topliss-reactive ketones (excluding diaryl/α,β-unsaturated/α-hetero) is 1. The Morgan fingerprint density at radius 1 is 0.376 bits per heavy atom. The Balaban J connectivity index is 0.000000261. The number of carbonyl (C=O) groups is 1. The van der Waals surface area contributed by atoms with Crippen molar-refractivity contribution in [2.75, 3.05) is 26.1 Å². The van der Waals surface area contributed by atoms with Crippen molar-refractivity contribution in [2.24, 2.45) is 0 Å². The molecule has 0 aliphatic heterocycles. The number of rotatable bonds is 2. The summed E-state index contributed by atoms with van der Waals surface area (Å²) in [5.41, 5.74) is 14.2. The minimum atomic E-state index is -0.169. The molecule has 0 saturated carbocycles. The summed E-state index contributed by atoms with van der Waals surface area (Å²) in [6, 6.07) is 63.7. The van der Waals surface area contributed by atoms with Crippen molar-refractivity contribution >= 4 is 33.8 Å². The summed E-state index contributed by atoms with van der Waals surface area (Å²) < 4.78 is 17.6.